The van der Waals surface area contributed by atoms with Crippen molar-refractivity contribution < 1.29 is 5.11 Å². The number of hydrogen-bond acceptors (Lipinski definition) is 2. The number of rotatable bonds is 3. The van der Waals surface area contributed by atoms with Gasteiger partial charge in [0.15, 0.2) is 0 Å². The van der Waals surface area contributed by atoms with Gasteiger partial charge in [0.2, 0.25) is 0 Å². The molecule has 0 saturated heterocycles. The molecule has 0 heterocycles. The number of nitrogens with two attached hydrogens (primary N) is 1. The van der Waals surface area contributed by atoms with Crippen molar-refractivity contribution >= 4 is 15.9 Å². The Balaban J connectivity index is 2.87. The minimum Gasteiger partial charge on any atom is -0.396 e. The fourth-order valence-corrected chi connectivity index (χ4v) is 1.55. The molecule has 0 aromatic heterocycles. The fraction of sp³-hybridized carbons (Fsp3) is 0.222. The normalized spacial score (nSPS) is 10.2. The van der Waals surface area contributed by atoms with Crippen LogP contribution in [-0.2, 0) is 6.54 Å². The van der Waals surface area contributed by atoms with Crippen LogP contribution in [0.2, 0.25) is 0 Å². The molecule has 0 aliphatic rings. The molecule has 0 aliphatic carbocycles. The highest BCUT2D eigenvalue weighted by Crippen LogP contribution is 2.19. The van der Waals surface area contributed by atoms with Crippen LogP contribution in [0.1, 0.15) is 11.1 Å². The maximum Gasteiger partial charge on any atom is 0.0506 e. The monoisotopic (exact) mass is 228 g/mol. The van der Waals surface area contributed by atoms with Gasteiger partial charge >= 0.3 is 0 Å². The lowest BCUT2D eigenvalue weighted by molar-refractivity contribution is 0.331. The summed E-state index contributed by atoms with van der Waals surface area (Å²) in [4.78, 5) is 0. The predicted octanol–water partition coefficient (Wildman–Crippen LogP) is 1.45. The average Bonchev–Trinajstić information content (AvgIpc) is 2.09. The molecule has 0 atom stereocenters. The minimum absolute atomic E-state index is 0.0561. The zero-order valence-corrected chi connectivity index (χ0v) is 8.21. The maximum atomic E-state index is 8.67. The number of benzene rings is 1. The maximum absolute atomic E-state index is 8.67. The van der Waals surface area contributed by atoms with Crippen molar-refractivity contribution in [3.8, 4) is 0 Å². The number of halogens is 1. The smallest absolute Gasteiger partial charge is 0.0506 e. The summed E-state index contributed by atoms with van der Waals surface area (Å²) < 4.78 is 0.972. The number of aliphatic hydroxyl groups excluding tert-OH is 1. The van der Waals surface area contributed by atoms with Gasteiger partial charge in [0.05, 0.1) is 6.61 Å². The Bertz CT molecular complexity index is 263. The Kier molecular flexibility index (Phi) is 3.72. The van der Waals surface area contributed by atoms with E-state index < -0.39 is 0 Å². The summed E-state index contributed by atoms with van der Waals surface area (Å²) in [7, 11) is 0. The molecule has 3 N–H and O–H groups in total. The molecule has 1 rings (SSSR count). The van der Waals surface area contributed by atoms with Gasteiger partial charge in [-0.15, -0.1) is 0 Å². The summed E-state index contributed by atoms with van der Waals surface area (Å²) in [5.41, 5.74) is 7.54. The summed E-state index contributed by atoms with van der Waals surface area (Å²) in [5.74, 6) is 0. The Morgan fingerprint density at radius 2 is 2.25 bits per heavy atom. The molecule has 0 bridgehead atoms. The van der Waals surface area contributed by atoms with Crippen LogP contribution in [0, 0.1) is 6.42 Å². The Morgan fingerprint density at radius 3 is 2.75 bits per heavy atom. The first kappa shape index (κ1) is 9.71. The fourth-order valence-electron chi connectivity index (χ4n) is 0.962. The molecule has 0 unspecified atom stereocenters. The second kappa shape index (κ2) is 4.60. The van der Waals surface area contributed by atoms with Gasteiger partial charge in [-0.05, 0) is 17.2 Å². The first-order chi connectivity index (χ1) is 5.77. The molecule has 2 nitrogen and oxygen atoms in total. The molecule has 1 aromatic rings. The molecule has 0 fully saturated rings. The van der Waals surface area contributed by atoms with E-state index in [0.29, 0.717) is 6.54 Å². The summed E-state index contributed by atoms with van der Waals surface area (Å²) in [5, 5.41) is 8.67. The van der Waals surface area contributed by atoms with Gasteiger partial charge in [-0.2, -0.15) is 0 Å². The predicted molar refractivity (Wildman–Crippen MR) is 52.5 cm³/mol. The van der Waals surface area contributed by atoms with E-state index in [2.05, 4.69) is 15.9 Å². The van der Waals surface area contributed by atoms with Crippen LogP contribution in [0.3, 0.4) is 0 Å². The van der Waals surface area contributed by atoms with Crippen molar-refractivity contribution in [2.45, 2.75) is 6.54 Å². The quantitative estimate of drug-likeness (QED) is 0.823. The van der Waals surface area contributed by atoms with Gasteiger partial charge < -0.3 is 10.8 Å². The third-order valence-corrected chi connectivity index (χ3v) is 2.30. The van der Waals surface area contributed by atoms with E-state index in [4.69, 9.17) is 10.8 Å². The second-order valence-corrected chi connectivity index (χ2v) is 3.30. The van der Waals surface area contributed by atoms with Crippen LogP contribution < -0.4 is 5.73 Å². The molecule has 0 spiro atoms. The average molecular weight is 229 g/mol. The van der Waals surface area contributed by atoms with E-state index >= 15 is 0 Å². The third-order valence-electron chi connectivity index (χ3n) is 1.61. The van der Waals surface area contributed by atoms with Gasteiger partial charge in [0.25, 0.3) is 0 Å². The summed E-state index contributed by atoms with van der Waals surface area (Å²) >= 11 is 3.39. The Morgan fingerprint density at radius 1 is 1.50 bits per heavy atom. The minimum atomic E-state index is 0.0561. The van der Waals surface area contributed by atoms with Crippen LogP contribution in [0.15, 0.2) is 22.7 Å². The highest BCUT2D eigenvalue weighted by atomic mass is 79.9. The molecule has 0 aliphatic heterocycles. The number of aliphatic hydroxyl groups is 1. The molecule has 0 saturated carbocycles. The SMILES string of the molecule is NCc1ccc([CH]CO)c(Br)c1. The van der Waals surface area contributed by atoms with E-state index in [1.807, 2.05) is 18.2 Å². The Hall–Kier alpha value is -0.380. The Labute approximate surface area is 80.5 Å². The van der Waals surface area contributed by atoms with Crippen molar-refractivity contribution in [2.24, 2.45) is 5.73 Å². The van der Waals surface area contributed by atoms with Crippen molar-refractivity contribution in [3.63, 3.8) is 0 Å². The molecule has 0 amide bonds. The van der Waals surface area contributed by atoms with E-state index in [1.54, 1.807) is 6.42 Å². The van der Waals surface area contributed by atoms with E-state index in [1.165, 1.54) is 0 Å². The highest BCUT2D eigenvalue weighted by molar-refractivity contribution is 9.10. The van der Waals surface area contributed by atoms with Crippen molar-refractivity contribution in [3.05, 3.63) is 40.2 Å². The number of hydrogen-bond donors (Lipinski definition) is 2. The zero-order valence-electron chi connectivity index (χ0n) is 6.63. The van der Waals surface area contributed by atoms with Gasteiger partial charge in [0, 0.05) is 17.4 Å². The first-order valence-electron chi connectivity index (χ1n) is 3.70. The van der Waals surface area contributed by atoms with Gasteiger partial charge in [0.1, 0.15) is 0 Å². The molecular weight excluding hydrogens is 218 g/mol. The van der Waals surface area contributed by atoms with E-state index in [0.717, 1.165) is 15.6 Å². The molecule has 12 heavy (non-hydrogen) atoms. The highest BCUT2D eigenvalue weighted by Gasteiger charge is 1.99. The van der Waals surface area contributed by atoms with Gasteiger partial charge in [-0.1, -0.05) is 28.1 Å². The lowest BCUT2D eigenvalue weighted by Crippen LogP contribution is -1.97. The lowest BCUT2D eigenvalue weighted by atomic mass is 10.1. The van der Waals surface area contributed by atoms with E-state index in [9.17, 15) is 0 Å². The molecule has 1 radical (unpaired) electrons. The third kappa shape index (κ3) is 2.30. The van der Waals surface area contributed by atoms with E-state index in [-0.39, 0.29) is 6.61 Å². The standard InChI is InChI=1S/C9H11BrNO/c10-9-5-7(6-11)1-2-8(9)3-4-12/h1-3,5,12H,4,6,11H2. The van der Waals surface area contributed by atoms with Crippen molar-refractivity contribution in [2.75, 3.05) is 6.61 Å². The van der Waals surface area contributed by atoms with Gasteiger partial charge in [-0.25, -0.2) is 0 Å². The molecule has 1 aromatic carbocycles. The van der Waals surface area contributed by atoms with Crippen LogP contribution in [0.25, 0.3) is 0 Å². The van der Waals surface area contributed by atoms with Crippen LogP contribution in [0.4, 0.5) is 0 Å². The topological polar surface area (TPSA) is 46.2 Å². The van der Waals surface area contributed by atoms with Crippen LogP contribution >= 0.6 is 15.9 Å². The lowest BCUT2D eigenvalue weighted by Gasteiger charge is -2.03. The van der Waals surface area contributed by atoms with Crippen molar-refractivity contribution in [1.82, 2.24) is 0 Å². The largest absolute Gasteiger partial charge is 0.396 e. The molecule has 65 valence electrons. The summed E-state index contributed by atoms with van der Waals surface area (Å²) in [6, 6.07) is 5.84. The molecular formula is C9H11BrNO. The second-order valence-electron chi connectivity index (χ2n) is 2.45. The van der Waals surface area contributed by atoms with Gasteiger partial charge in [-0.3, -0.25) is 0 Å². The summed E-state index contributed by atoms with van der Waals surface area (Å²) in [6.45, 7) is 0.596. The molecule has 3 heteroatoms. The first-order valence-corrected chi connectivity index (χ1v) is 4.49. The zero-order chi connectivity index (χ0) is 8.97. The van der Waals surface area contributed by atoms with Crippen LogP contribution in [0.5, 0.6) is 0 Å². The van der Waals surface area contributed by atoms with Crippen molar-refractivity contribution in [1.29, 1.82) is 0 Å². The van der Waals surface area contributed by atoms with Crippen LogP contribution in [-0.4, -0.2) is 11.7 Å². The summed E-state index contributed by atoms with van der Waals surface area (Å²) in [6.07, 6.45) is 1.74.